The minimum Gasteiger partial charge on any atom is -0.379 e. The highest BCUT2D eigenvalue weighted by molar-refractivity contribution is 5.80. The number of nitrogens with zero attached hydrogens (tertiary/aromatic N) is 4. The zero-order chi connectivity index (χ0) is 17.6. The number of morpholine rings is 1. The summed E-state index contributed by atoms with van der Waals surface area (Å²) in [5.41, 5.74) is 0. The average molecular weight is 352 g/mol. The third-order valence-electron chi connectivity index (χ3n) is 6.05. The molecule has 3 atom stereocenters. The molecule has 0 aromatic carbocycles. The summed E-state index contributed by atoms with van der Waals surface area (Å²) in [6.07, 6.45) is 4.07. The number of hydrogen-bond acceptors (Lipinski definition) is 4. The number of guanidine groups is 1. The van der Waals surface area contributed by atoms with Gasteiger partial charge in [0, 0.05) is 51.9 Å². The lowest BCUT2D eigenvalue weighted by Crippen LogP contribution is -2.53. The summed E-state index contributed by atoms with van der Waals surface area (Å²) in [6, 6.07) is 1.00. The maximum Gasteiger partial charge on any atom is 0.193 e. The van der Waals surface area contributed by atoms with Gasteiger partial charge in [0.15, 0.2) is 5.96 Å². The Balaban J connectivity index is 1.43. The number of aliphatic imine (C=N–C) groups is 1. The first-order chi connectivity index (χ1) is 12.2. The third kappa shape index (κ3) is 5.08. The lowest BCUT2D eigenvalue weighted by molar-refractivity contribution is -0.0175. The fraction of sp³-hybridized carbons (Fsp3) is 0.947. The van der Waals surface area contributed by atoms with Crippen LogP contribution in [0.3, 0.4) is 0 Å². The van der Waals surface area contributed by atoms with Gasteiger partial charge in [-0.2, -0.15) is 0 Å². The fourth-order valence-corrected chi connectivity index (χ4v) is 4.59. The van der Waals surface area contributed by atoms with Gasteiger partial charge in [0.2, 0.25) is 0 Å². The summed E-state index contributed by atoms with van der Waals surface area (Å²) < 4.78 is 5.56. The number of likely N-dealkylation sites (tertiary alicyclic amines) is 2. The van der Waals surface area contributed by atoms with Crippen LogP contribution in [0.1, 0.15) is 33.1 Å². The Morgan fingerprint density at radius 1 is 1.24 bits per heavy atom. The highest BCUT2D eigenvalue weighted by Gasteiger charge is 2.28. The summed E-state index contributed by atoms with van der Waals surface area (Å²) in [6.45, 7) is 14.4. The maximum atomic E-state index is 5.56. The van der Waals surface area contributed by atoms with Gasteiger partial charge in [0.1, 0.15) is 0 Å². The van der Waals surface area contributed by atoms with Gasteiger partial charge in [-0.3, -0.25) is 9.89 Å². The van der Waals surface area contributed by atoms with Crippen molar-refractivity contribution < 1.29 is 4.74 Å². The van der Waals surface area contributed by atoms with Crippen molar-refractivity contribution in [1.82, 2.24) is 20.0 Å². The largest absolute Gasteiger partial charge is 0.379 e. The van der Waals surface area contributed by atoms with E-state index in [1.165, 1.54) is 38.9 Å². The molecule has 144 valence electrons. The summed E-state index contributed by atoms with van der Waals surface area (Å²) in [7, 11) is 1.91. The van der Waals surface area contributed by atoms with Crippen LogP contribution in [0, 0.1) is 5.92 Å². The fourth-order valence-electron chi connectivity index (χ4n) is 4.59. The van der Waals surface area contributed by atoms with Crippen LogP contribution in [0.4, 0.5) is 0 Å². The Bertz CT molecular complexity index is 438. The molecule has 3 aliphatic heterocycles. The van der Waals surface area contributed by atoms with Crippen LogP contribution in [0.2, 0.25) is 0 Å². The van der Waals surface area contributed by atoms with E-state index in [4.69, 9.17) is 4.74 Å². The monoisotopic (exact) mass is 351 g/mol. The van der Waals surface area contributed by atoms with Gasteiger partial charge in [-0.25, -0.2) is 0 Å². The first-order valence-corrected chi connectivity index (χ1v) is 10.2. The van der Waals surface area contributed by atoms with Crippen molar-refractivity contribution in [3.63, 3.8) is 0 Å². The Kier molecular flexibility index (Phi) is 6.96. The minimum absolute atomic E-state index is 0.499. The Hall–Kier alpha value is -0.850. The summed E-state index contributed by atoms with van der Waals surface area (Å²) in [5, 5.41) is 3.62. The molecule has 6 nitrogen and oxygen atoms in total. The predicted molar refractivity (Wildman–Crippen MR) is 103 cm³/mol. The maximum absolute atomic E-state index is 5.56. The van der Waals surface area contributed by atoms with Crippen LogP contribution in [0.5, 0.6) is 0 Å². The number of nitrogens with one attached hydrogen (secondary N) is 1. The van der Waals surface area contributed by atoms with Crippen molar-refractivity contribution in [3.8, 4) is 0 Å². The molecule has 3 rings (SSSR count). The molecule has 0 aromatic heterocycles. The van der Waals surface area contributed by atoms with Crippen LogP contribution in [0.25, 0.3) is 0 Å². The minimum atomic E-state index is 0.499. The molecule has 0 amide bonds. The highest BCUT2D eigenvalue weighted by atomic mass is 16.5. The van der Waals surface area contributed by atoms with Crippen LogP contribution >= 0.6 is 0 Å². The molecule has 0 bridgehead atoms. The SMILES string of the molecule is CN=C(NCC(C)N1CCOCC1C)N1CCC(CN2CCCC2)C1. The van der Waals surface area contributed by atoms with Crippen molar-refractivity contribution in [2.45, 2.75) is 45.2 Å². The lowest BCUT2D eigenvalue weighted by Gasteiger charge is -2.38. The normalized spacial score (nSPS) is 30.8. The molecule has 0 radical (unpaired) electrons. The Morgan fingerprint density at radius 3 is 2.76 bits per heavy atom. The zero-order valence-corrected chi connectivity index (χ0v) is 16.4. The van der Waals surface area contributed by atoms with E-state index in [1.807, 2.05) is 7.05 Å². The molecular weight excluding hydrogens is 314 g/mol. The van der Waals surface area contributed by atoms with Crippen LogP contribution < -0.4 is 5.32 Å². The molecule has 0 spiro atoms. The lowest BCUT2D eigenvalue weighted by atomic mass is 10.1. The van der Waals surface area contributed by atoms with Gasteiger partial charge in [-0.15, -0.1) is 0 Å². The molecule has 3 heterocycles. The second-order valence-electron chi connectivity index (χ2n) is 8.05. The summed E-state index contributed by atoms with van der Waals surface area (Å²) in [4.78, 5) is 12.2. The van der Waals surface area contributed by atoms with E-state index in [0.29, 0.717) is 12.1 Å². The van der Waals surface area contributed by atoms with E-state index in [0.717, 1.165) is 51.3 Å². The summed E-state index contributed by atoms with van der Waals surface area (Å²) >= 11 is 0. The molecule has 3 saturated heterocycles. The van der Waals surface area contributed by atoms with Gasteiger partial charge < -0.3 is 19.9 Å². The van der Waals surface area contributed by atoms with Crippen molar-refractivity contribution in [3.05, 3.63) is 0 Å². The molecule has 0 saturated carbocycles. The Morgan fingerprint density at radius 2 is 2.04 bits per heavy atom. The predicted octanol–water partition coefficient (Wildman–Crippen LogP) is 1.09. The average Bonchev–Trinajstić information content (AvgIpc) is 3.28. The van der Waals surface area contributed by atoms with Gasteiger partial charge in [0.25, 0.3) is 0 Å². The van der Waals surface area contributed by atoms with Crippen LogP contribution in [-0.2, 0) is 4.74 Å². The standard InChI is InChI=1S/C19H37N5O/c1-16(24-10-11-25-15-17(24)2)12-21-19(20-3)23-9-6-18(14-23)13-22-7-4-5-8-22/h16-18H,4-15H2,1-3H3,(H,20,21). The molecule has 0 aromatic rings. The zero-order valence-electron chi connectivity index (χ0n) is 16.4. The smallest absolute Gasteiger partial charge is 0.193 e. The van der Waals surface area contributed by atoms with E-state index in [2.05, 4.69) is 38.9 Å². The highest BCUT2D eigenvalue weighted by Crippen LogP contribution is 2.20. The quantitative estimate of drug-likeness (QED) is 0.593. The number of rotatable bonds is 5. The summed E-state index contributed by atoms with van der Waals surface area (Å²) in [5.74, 6) is 1.88. The van der Waals surface area contributed by atoms with Crippen molar-refractivity contribution in [1.29, 1.82) is 0 Å². The number of ether oxygens (including phenoxy) is 1. The van der Waals surface area contributed by atoms with Crippen molar-refractivity contribution >= 4 is 5.96 Å². The Labute approximate surface area is 153 Å². The number of hydrogen-bond donors (Lipinski definition) is 1. The molecule has 1 N–H and O–H groups in total. The van der Waals surface area contributed by atoms with E-state index < -0.39 is 0 Å². The van der Waals surface area contributed by atoms with Crippen molar-refractivity contribution in [2.75, 3.05) is 66.1 Å². The third-order valence-corrected chi connectivity index (χ3v) is 6.05. The first kappa shape index (κ1) is 18.9. The molecule has 3 unspecified atom stereocenters. The van der Waals surface area contributed by atoms with E-state index >= 15 is 0 Å². The van der Waals surface area contributed by atoms with E-state index in [9.17, 15) is 0 Å². The molecule has 3 fully saturated rings. The van der Waals surface area contributed by atoms with Gasteiger partial charge >= 0.3 is 0 Å². The second kappa shape index (κ2) is 9.19. The molecule has 6 heteroatoms. The van der Waals surface area contributed by atoms with Crippen LogP contribution in [0.15, 0.2) is 4.99 Å². The topological polar surface area (TPSA) is 43.3 Å². The van der Waals surface area contributed by atoms with Gasteiger partial charge in [-0.1, -0.05) is 0 Å². The van der Waals surface area contributed by atoms with Crippen molar-refractivity contribution in [2.24, 2.45) is 10.9 Å². The van der Waals surface area contributed by atoms with Crippen LogP contribution in [-0.4, -0.2) is 98.8 Å². The molecule has 0 aliphatic carbocycles. The molecule has 25 heavy (non-hydrogen) atoms. The molecule has 3 aliphatic rings. The second-order valence-corrected chi connectivity index (χ2v) is 8.05. The van der Waals surface area contributed by atoms with E-state index in [-0.39, 0.29) is 0 Å². The molecular formula is C19H37N5O. The first-order valence-electron chi connectivity index (χ1n) is 10.2. The van der Waals surface area contributed by atoms with Gasteiger partial charge in [-0.05, 0) is 52.1 Å². The van der Waals surface area contributed by atoms with Gasteiger partial charge in [0.05, 0.1) is 13.2 Å². The van der Waals surface area contributed by atoms with E-state index in [1.54, 1.807) is 0 Å².